The minimum absolute atomic E-state index is 0.0761. The lowest BCUT2D eigenvalue weighted by Gasteiger charge is -2.10. The van der Waals surface area contributed by atoms with Gasteiger partial charge in [-0.05, 0) is 52.9 Å². The normalized spacial score (nSPS) is 18.4. The topological polar surface area (TPSA) is 29.1 Å². The maximum atomic E-state index is 13.0. The molecular weight excluding hydrogens is 285 g/mol. The van der Waals surface area contributed by atoms with Gasteiger partial charge in [0.2, 0.25) is 5.91 Å². The predicted molar refractivity (Wildman–Crippen MR) is 69.2 cm³/mol. The predicted octanol–water partition coefficient (Wildman–Crippen LogP) is 3.88. The fraction of sp³-hybridized carbons (Fsp3) is 0.308. The van der Waals surface area contributed by atoms with Crippen molar-refractivity contribution in [3.8, 4) is 0 Å². The molecule has 1 aliphatic rings. The number of hydrogen-bond donors (Lipinski definition) is 1. The molecule has 17 heavy (non-hydrogen) atoms. The fourth-order valence-corrected chi connectivity index (χ4v) is 2.24. The molecule has 2 nitrogen and oxygen atoms in total. The zero-order chi connectivity index (χ0) is 12.3. The standard InChI is InChI=1S/C13H13BrFNO/c14-11-6-5-10(15)8-12(11)16-13(17)7-9-3-1-2-4-9/h1,3,5-6,8-9H,2,4,7H2,(H,16,17). The molecule has 0 fully saturated rings. The van der Waals surface area contributed by atoms with E-state index in [9.17, 15) is 9.18 Å². The van der Waals surface area contributed by atoms with Gasteiger partial charge in [-0.25, -0.2) is 4.39 Å². The number of carbonyl (C=O) groups is 1. The number of halogens is 2. The third-order valence-corrected chi connectivity index (χ3v) is 3.45. The van der Waals surface area contributed by atoms with Gasteiger partial charge in [0.25, 0.3) is 0 Å². The van der Waals surface area contributed by atoms with Crippen molar-refractivity contribution in [3.05, 3.63) is 40.6 Å². The summed E-state index contributed by atoms with van der Waals surface area (Å²) in [6.45, 7) is 0. The molecule has 1 amide bonds. The molecule has 0 saturated heterocycles. The number of allylic oxidation sites excluding steroid dienone is 2. The van der Waals surface area contributed by atoms with Crippen molar-refractivity contribution in [2.24, 2.45) is 5.92 Å². The lowest BCUT2D eigenvalue weighted by molar-refractivity contribution is -0.116. The van der Waals surface area contributed by atoms with Crippen LogP contribution in [0.15, 0.2) is 34.8 Å². The summed E-state index contributed by atoms with van der Waals surface area (Å²) in [5.74, 6) is -0.112. The third-order valence-electron chi connectivity index (χ3n) is 2.76. The number of rotatable bonds is 3. The molecule has 1 atom stereocenters. The van der Waals surface area contributed by atoms with Gasteiger partial charge >= 0.3 is 0 Å². The van der Waals surface area contributed by atoms with Crippen LogP contribution in [0, 0.1) is 11.7 Å². The van der Waals surface area contributed by atoms with E-state index < -0.39 is 0 Å². The highest BCUT2D eigenvalue weighted by atomic mass is 79.9. The quantitative estimate of drug-likeness (QED) is 0.843. The van der Waals surface area contributed by atoms with Crippen molar-refractivity contribution < 1.29 is 9.18 Å². The lowest BCUT2D eigenvalue weighted by atomic mass is 10.1. The van der Waals surface area contributed by atoms with Crippen LogP contribution in [0.2, 0.25) is 0 Å². The van der Waals surface area contributed by atoms with Gasteiger partial charge in [0.1, 0.15) is 5.82 Å². The van der Waals surface area contributed by atoms with E-state index in [1.807, 2.05) is 0 Å². The molecule has 0 bridgehead atoms. The number of benzene rings is 1. The number of amides is 1. The monoisotopic (exact) mass is 297 g/mol. The summed E-state index contributed by atoms with van der Waals surface area (Å²) < 4.78 is 13.7. The summed E-state index contributed by atoms with van der Waals surface area (Å²) in [5.41, 5.74) is 0.483. The first-order chi connectivity index (χ1) is 8.15. The molecule has 90 valence electrons. The van der Waals surface area contributed by atoms with Gasteiger partial charge in [-0.15, -0.1) is 0 Å². The maximum absolute atomic E-state index is 13.0. The SMILES string of the molecule is O=C(CC1C=CCC1)Nc1cc(F)ccc1Br. The Morgan fingerprint density at radius 1 is 1.53 bits per heavy atom. The summed E-state index contributed by atoms with van der Waals surface area (Å²) in [6, 6.07) is 4.24. The van der Waals surface area contributed by atoms with Crippen LogP contribution in [-0.4, -0.2) is 5.91 Å². The van der Waals surface area contributed by atoms with Gasteiger partial charge in [-0.3, -0.25) is 4.79 Å². The maximum Gasteiger partial charge on any atom is 0.224 e. The van der Waals surface area contributed by atoms with Crippen molar-refractivity contribution in [3.63, 3.8) is 0 Å². The van der Waals surface area contributed by atoms with Crippen LogP contribution in [0.1, 0.15) is 19.3 Å². The first-order valence-electron chi connectivity index (χ1n) is 5.57. The van der Waals surface area contributed by atoms with E-state index in [4.69, 9.17) is 0 Å². The summed E-state index contributed by atoms with van der Waals surface area (Å²) in [7, 11) is 0. The van der Waals surface area contributed by atoms with Crippen LogP contribution in [0.25, 0.3) is 0 Å². The largest absolute Gasteiger partial charge is 0.325 e. The van der Waals surface area contributed by atoms with E-state index >= 15 is 0 Å². The van der Waals surface area contributed by atoms with E-state index in [2.05, 4.69) is 33.4 Å². The number of hydrogen-bond acceptors (Lipinski definition) is 1. The number of carbonyl (C=O) groups excluding carboxylic acids is 1. The molecule has 1 unspecified atom stereocenters. The van der Waals surface area contributed by atoms with Crippen molar-refractivity contribution >= 4 is 27.5 Å². The summed E-state index contributed by atoms with van der Waals surface area (Å²) in [5, 5.41) is 2.72. The Bertz CT molecular complexity index is 459. The minimum Gasteiger partial charge on any atom is -0.325 e. The minimum atomic E-state index is -0.357. The van der Waals surface area contributed by atoms with E-state index in [1.165, 1.54) is 12.1 Å². The van der Waals surface area contributed by atoms with Gasteiger partial charge in [-0.1, -0.05) is 12.2 Å². The molecule has 1 N–H and O–H groups in total. The highest BCUT2D eigenvalue weighted by Crippen LogP contribution is 2.25. The van der Waals surface area contributed by atoms with Gasteiger partial charge in [0.05, 0.1) is 5.69 Å². The zero-order valence-corrected chi connectivity index (χ0v) is 10.8. The van der Waals surface area contributed by atoms with Gasteiger partial charge in [0.15, 0.2) is 0 Å². The van der Waals surface area contributed by atoms with Crippen molar-refractivity contribution in [1.29, 1.82) is 0 Å². The van der Waals surface area contributed by atoms with Crippen molar-refractivity contribution in [1.82, 2.24) is 0 Å². The molecule has 0 aromatic heterocycles. The summed E-state index contributed by atoms with van der Waals surface area (Å²) >= 11 is 3.28. The van der Waals surface area contributed by atoms with Crippen LogP contribution < -0.4 is 5.32 Å². The van der Waals surface area contributed by atoms with Crippen LogP contribution >= 0.6 is 15.9 Å². The Morgan fingerprint density at radius 3 is 3.06 bits per heavy atom. The molecule has 1 aromatic rings. The smallest absolute Gasteiger partial charge is 0.224 e. The lowest BCUT2D eigenvalue weighted by Crippen LogP contribution is -2.15. The zero-order valence-electron chi connectivity index (χ0n) is 9.25. The Labute approximate surface area is 108 Å². The molecule has 0 spiro atoms. The first kappa shape index (κ1) is 12.3. The molecular formula is C13H13BrFNO. The Balaban J connectivity index is 1.97. The van der Waals surface area contributed by atoms with E-state index in [0.717, 1.165) is 12.8 Å². The third kappa shape index (κ3) is 3.40. The Hall–Kier alpha value is -1.16. The van der Waals surface area contributed by atoms with Gasteiger partial charge < -0.3 is 5.32 Å². The molecule has 4 heteroatoms. The average molecular weight is 298 g/mol. The van der Waals surface area contributed by atoms with E-state index in [1.54, 1.807) is 6.07 Å². The van der Waals surface area contributed by atoms with Crippen LogP contribution in [0.3, 0.4) is 0 Å². The molecule has 0 aliphatic heterocycles. The Kier molecular flexibility index (Phi) is 3.94. The fourth-order valence-electron chi connectivity index (χ4n) is 1.90. The molecule has 2 rings (SSSR count). The second-order valence-corrected chi connectivity index (χ2v) is 5.00. The van der Waals surface area contributed by atoms with Crippen LogP contribution in [-0.2, 0) is 4.79 Å². The molecule has 0 radical (unpaired) electrons. The molecule has 0 heterocycles. The summed E-state index contributed by atoms with van der Waals surface area (Å²) in [6.07, 6.45) is 6.69. The highest BCUT2D eigenvalue weighted by Gasteiger charge is 2.14. The number of anilines is 1. The molecule has 1 aromatic carbocycles. The number of nitrogens with one attached hydrogen (secondary N) is 1. The Morgan fingerprint density at radius 2 is 2.35 bits per heavy atom. The van der Waals surface area contributed by atoms with E-state index in [0.29, 0.717) is 22.5 Å². The average Bonchev–Trinajstić information content (AvgIpc) is 2.76. The van der Waals surface area contributed by atoms with Crippen molar-refractivity contribution in [2.45, 2.75) is 19.3 Å². The second-order valence-electron chi connectivity index (χ2n) is 4.14. The van der Waals surface area contributed by atoms with Gasteiger partial charge in [0, 0.05) is 10.9 Å². The van der Waals surface area contributed by atoms with Crippen LogP contribution in [0.4, 0.5) is 10.1 Å². The first-order valence-corrected chi connectivity index (χ1v) is 6.36. The summed E-state index contributed by atoms with van der Waals surface area (Å²) in [4.78, 5) is 11.7. The molecule has 0 saturated carbocycles. The van der Waals surface area contributed by atoms with Gasteiger partial charge in [-0.2, -0.15) is 0 Å². The van der Waals surface area contributed by atoms with Crippen molar-refractivity contribution in [2.75, 3.05) is 5.32 Å². The van der Waals surface area contributed by atoms with Crippen LogP contribution in [0.5, 0.6) is 0 Å². The molecule has 1 aliphatic carbocycles. The van der Waals surface area contributed by atoms with E-state index in [-0.39, 0.29) is 11.7 Å². The highest BCUT2D eigenvalue weighted by molar-refractivity contribution is 9.10. The second kappa shape index (κ2) is 5.45.